The SMILES string of the molecule is CCc1ccccc1N[C@@H]1CCO[C@@H]1C. The second-order valence-corrected chi connectivity index (χ2v) is 4.13. The topological polar surface area (TPSA) is 21.3 Å². The molecule has 0 bridgehead atoms. The number of ether oxygens (including phenoxy) is 1. The summed E-state index contributed by atoms with van der Waals surface area (Å²) in [7, 11) is 0. The van der Waals surface area contributed by atoms with Gasteiger partial charge in [-0.15, -0.1) is 0 Å². The Balaban J connectivity index is 2.09. The van der Waals surface area contributed by atoms with Crippen molar-refractivity contribution < 1.29 is 4.74 Å². The third-order valence-corrected chi connectivity index (χ3v) is 3.12. The van der Waals surface area contributed by atoms with Crippen molar-refractivity contribution in [2.75, 3.05) is 11.9 Å². The summed E-state index contributed by atoms with van der Waals surface area (Å²) in [6, 6.07) is 8.99. The maximum atomic E-state index is 5.55. The number of benzene rings is 1. The van der Waals surface area contributed by atoms with Crippen molar-refractivity contribution in [3.8, 4) is 0 Å². The Morgan fingerprint density at radius 3 is 2.87 bits per heavy atom. The molecular weight excluding hydrogens is 186 g/mol. The Bertz CT molecular complexity index is 324. The monoisotopic (exact) mass is 205 g/mol. The number of rotatable bonds is 3. The molecule has 2 heteroatoms. The number of anilines is 1. The predicted octanol–water partition coefficient (Wildman–Crippen LogP) is 2.84. The van der Waals surface area contributed by atoms with Gasteiger partial charge in [-0.2, -0.15) is 0 Å². The fourth-order valence-corrected chi connectivity index (χ4v) is 2.09. The lowest BCUT2D eigenvalue weighted by Gasteiger charge is -2.19. The molecule has 0 unspecified atom stereocenters. The van der Waals surface area contributed by atoms with E-state index < -0.39 is 0 Å². The molecule has 0 aliphatic carbocycles. The van der Waals surface area contributed by atoms with Crippen LogP contribution in [-0.2, 0) is 11.2 Å². The zero-order valence-electron chi connectivity index (χ0n) is 9.49. The molecule has 0 spiro atoms. The average molecular weight is 205 g/mol. The number of aryl methyl sites for hydroxylation is 1. The highest BCUT2D eigenvalue weighted by molar-refractivity contribution is 5.52. The van der Waals surface area contributed by atoms with E-state index >= 15 is 0 Å². The minimum Gasteiger partial charge on any atom is -0.379 e. The Morgan fingerprint density at radius 2 is 2.20 bits per heavy atom. The summed E-state index contributed by atoms with van der Waals surface area (Å²) in [5, 5.41) is 3.59. The molecule has 1 aliphatic heterocycles. The molecule has 0 saturated carbocycles. The van der Waals surface area contributed by atoms with Crippen molar-refractivity contribution in [2.24, 2.45) is 0 Å². The summed E-state index contributed by atoms with van der Waals surface area (Å²) < 4.78 is 5.55. The van der Waals surface area contributed by atoms with Crippen molar-refractivity contribution in [1.29, 1.82) is 0 Å². The lowest BCUT2D eigenvalue weighted by Crippen LogP contribution is -2.27. The van der Waals surface area contributed by atoms with E-state index in [4.69, 9.17) is 4.74 Å². The molecule has 1 aliphatic rings. The molecule has 0 amide bonds. The fourth-order valence-electron chi connectivity index (χ4n) is 2.09. The lowest BCUT2D eigenvalue weighted by molar-refractivity contribution is 0.121. The van der Waals surface area contributed by atoms with Gasteiger partial charge in [-0.1, -0.05) is 25.1 Å². The van der Waals surface area contributed by atoms with Gasteiger partial charge in [0.25, 0.3) is 0 Å². The minimum absolute atomic E-state index is 0.329. The Kier molecular flexibility index (Phi) is 3.27. The molecule has 1 N–H and O–H groups in total. The van der Waals surface area contributed by atoms with Gasteiger partial charge in [0, 0.05) is 12.3 Å². The van der Waals surface area contributed by atoms with Crippen LogP contribution in [0.25, 0.3) is 0 Å². The highest BCUT2D eigenvalue weighted by atomic mass is 16.5. The Labute approximate surface area is 91.6 Å². The average Bonchev–Trinajstić information content (AvgIpc) is 2.65. The Morgan fingerprint density at radius 1 is 1.40 bits per heavy atom. The van der Waals surface area contributed by atoms with Crippen LogP contribution in [0.1, 0.15) is 25.8 Å². The summed E-state index contributed by atoms with van der Waals surface area (Å²) in [5.74, 6) is 0. The maximum Gasteiger partial charge on any atom is 0.0748 e. The second kappa shape index (κ2) is 4.67. The second-order valence-electron chi connectivity index (χ2n) is 4.13. The van der Waals surface area contributed by atoms with Gasteiger partial charge in [0.15, 0.2) is 0 Å². The van der Waals surface area contributed by atoms with Crippen molar-refractivity contribution in [3.05, 3.63) is 29.8 Å². The van der Waals surface area contributed by atoms with Gasteiger partial charge in [0.1, 0.15) is 0 Å². The molecular formula is C13H19NO. The van der Waals surface area contributed by atoms with Gasteiger partial charge in [0.2, 0.25) is 0 Å². The smallest absolute Gasteiger partial charge is 0.0748 e. The molecule has 1 aromatic rings. The fraction of sp³-hybridized carbons (Fsp3) is 0.538. The van der Waals surface area contributed by atoms with Crippen molar-refractivity contribution >= 4 is 5.69 Å². The van der Waals surface area contributed by atoms with Crippen LogP contribution < -0.4 is 5.32 Å². The van der Waals surface area contributed by atoms with Crippen LogP contribution in [-0.4, -0.2) is 18.8 Å². The van der Waals surface area contributed by atoms with E-state index in [0.29, 0.717) is 12.1 Å². The number of hydrogen-bond acceptors (Lipinski definition) is 2. The molecule has 15 heavy (non-hydrogen) atoms. The van der Waals surface area contributed by atoms with Crippen LogP contribution >= 0.6 is 0 Å². The van der Waals surface area contributed by atoms with E-state index in [9.17, 15) is 0 Å². The summed E-state index contributed by atoms with van der Waals surface area (Å²) in [6.45, 7) is 5.21. The first kappa shape index (κ1) is 10.5. The van der Waals surface area contributed by atoms with Crippen molar-refractivity contribution in [2.45, 2.75) is 38.8 Å². The zero-order chi connectivity index (χ0) is 10.7. The van der Waals surface area contributed by atoms with E-state index in [1.54, 1.807) is 0 Å². The van der Waals surface area contributed by atoms with Crippen LogP contribution in [0.2, 0.25) is 0 Å². The molecule has 1 saturated heterocycles. The zero-order valence-corrected chi connectivity index (χ0v) is 9.49. The minimum atomic E-state index is 0.329. The molecule has 82 valence electrons. The highest BCUT2D eigenvalue weighted by Gasteiger charge is 2.24. The molecule has 1 aromatic carbocycles. The summed E-state index contributed by atoms with van der Waals surface area (Å²) in [6.07, 6.45) is 2.51. The first-order valence-corrected chi connectivity index (χ1v) is 5.77. The molecule has 2 rings (SSSR count). The van der Waals surface area contributed by atoms with Crippen molar-refractivity contribution in [1.82, 2.24) is 0 Å². The van der Waals surface area contributed by atoms with Gasteiger partial charge in [-0.3, -0.25) is 0 Å². The number of para-hydroxylation sites is 1. The Hall–Kier alpha value is -1.02. The molecule has 0 radical (unpaired) electrons. The summed E-state index contributed by atoms with van der Waals surface area (Å²) >= 11 is 0. The quantitative estimate of drug-likeness (QED) is 0.819. The first-order valence-electron chi connectivity index (χ1n) is 5.77. The molecule has 2 atom stereocenters. The summed E-state index contributed by atoms with van der Waals surface area (Å²) in [4.78, 5) is 0. The normalized spacial score (nSPS) is 25.5. The van der Waals surface area contributed by atoms with Crippen LogP contribution in [0.3, 0.4) is 0 Å². The standard InChI is InChI=1S/C13H19NO/c1-3-11-6-4-5-7-13(11)14-12-8-9-15-10(12)2/h4-7,10,12,14H,3,8-9H2,1-2H3/t10-,12-/m1/s1. The van der Waals surface area contributed by atoms with Gasteiger partial charge in [-0.05, 0) is 31.4 Å². The van der Waals surface area contributed by atoms with Crippen LogP contribution in [0.5, 0.6) is 0 Å². The van der Waals surface area contributed by atoms with Crippen molar-refractivity contribution in [3.63, 3.8) is 0 Å². The summed E-state index contributed by atoms with van der Waals surface area (Å²) in [5.41, 5.74) is 2.65. The molecule has 2 nitrogen and oxygen atoms in total. The van der Waals surface area contributed by atoms with Crippen LogP contribution in [0, 0.1) is 0 Å². The van der Waals surface area contributed by atoms with Gasteiger partial charge in [0.05, 0.1) is 12.1 Å². The molecule has 1 fully saturated rings. The third kappa shape index (κ3) is 2.32. The van der Waals surface area contributed by atoms with E-state index in [1.807, 2.05) is 0 Å². The van der Waals surface area contributed by atoms with Crippen LogP contribution in [0.4, 0.5) is 5.69 Å². The van der Waals surface area contributed by atoms with Gasteiger partial charge in [-0.25, -0.2) is 0 Å². The largest absolute Gasteiger partial charge is 0.379 e. The lowest BCUT2D eigenvalue weighted by atomic mass is 10.1. The third-order valence-electron chi connectivity index (χ3n) is 3.12. The maximum absolute atomic E-state index is 5.55. The first-order chi connectivity index (χ1) is 7.31. The van der Waals surface area contributed by atoms with E-state index in [2.05, 4.69) is 43.4 Å². The van der Waals surface area contributed by atoms with E-state index in [1.165, 1.54) is 11.3 Å². The van der Waals surface area contributed by atoms with E-state index in [-0.39, 0.29) is 0 Å². The predicted molar refractivity (Wildman–Crippen MR) is 63.3 cm³/mol. The highest BCUT2D eigenvalue weighted by Crippen LogP contribution is 2.22. The number of nitrogens with one attached hydrogen (secondary N) is 1. The van der Waals surface area contributed by atoms with E-state index in [0.717, 1.165) is 19.4 Å². The van der Waals surface area contributed by atoms with Gasteiger partial charge >= 0.3 is 0 Å². The molecule has 1 heterocycles. The van der Waals surface area contributed by atoms with Gasteiger partial charge < -0.3 is 10.1 Å². The number of hydrogen-bond donors (Lipinski definition) is 1. The molecule has 0 aromatic heterocycles. The van der Waals surface area contributed by atoms with Crippen LogP contribution in [0.15, 0.2) is 24.3 Å².